The van der Waals surface area contributed by atoms with Crippen molar-refractivity contribution in [2.75, 3.05) is 26.1 Å². The summed E-state index contributed by atoms with van der Waals surface area (Å²) >= 11 is 0. The minimum Gasteiger partial charge on any atom is -0.493 e. The molecule has 0 saturated carbocycles. The number of amides is 2. The zero-order chi connectivity index (χ0) is 20.6. The van der Waals surface area contributed by atoms with E-state index in [-0.39, 0.29) is 17.5 Å². The topological polar surface area (TPSA) is 107 Å². The molecule has 9 nitrogen and oxygen atoms in total. The Balaban J connectivity index is 1.55. The van der Waals surface area contributed by atoms with Crippen molar-refractivity contribution in [3.63, 3.8) is 0 Å². The number of nitrogens with one attached hydrogen (secondary N) is 2. The number of hydrogen-bond donors (Lipinski definition) is 2. The molecule has 0 fully saturated rings. The number of ether oxygens (including phenoxy) is 2. The third kappa shape index (κ3) is 4.89. The summed E-state index contributed by atoms with van der Waals surface area (Å²) in [6.45, 7) is 0.645. The van der Waals surface area contributed by atoms with Gasteiger partial charge in [0.2, 0.25) is 0 Å². The van der Waals surface area contributed by atoms with Gasteiger partial charge in [0.25, 0.3) is 11.8 Å². The van der Waals surface area contributed by atoms with E-state index in [1.165, 1.54) is 25.1 Å². The van der Waals surface area contributed by atoms with Crippen LogP contribution in [0, 0.1) is 0 Å². The van der Waals surface area contributed by atoms with Gasteiger partial charge in [-0.3, -0.25) is 9.59 Å². The SMILES string of the molecule is COc1cccc(C(=O)NCCn2cc(C(=O)Nc3ccccc3)nn2)c1OC. The monoisotopic (exact) mass is 395 g/mol. The Labute approximate surface area is 167 Å². The number of anilines is 1. The Kier molecular flexibility index (Phi) is 6.41. The minimum absolute atomic E-state index is 0.189. The van der Waals surface area contributed by atoms with Gasteiger partial charge in [-0.2, -0.15) is 0 Å². The molecule has 2 aromatic carbocycles. The minimum atomic E-state index is -0.354. The molecule has 0 atom stereocenters. The molecule has 0 unspecified atom stereocenters. The van der Waals surface area contributed by atoms with Crippen LogP contribution in [0.3, 0.4) is 0 Å². The molecule has 2 amide bonds. The van der Waals surface area contributed by atoms with Crippen LogP contribution in [0.2, 0.25) is 0 Å². The highest BCUT2D eigenvalue weighted by Gasteiger charge is 2.16. The summed E-state index contributed by atoms with van der Waals surface area (Å²) in [5.74, 6) is 0.189. The number of carbonyl (C=O) groups excluding carboxylic acids is 2. The fourth-order valence-corrected chi connectivity index (χ4v) is 2.67. The number of hydrogen-bond acceptors (Lipinski definition) is 6. The van der Waals surface area contributed by atoms with Crippen molar-refractivity contribution < 1.29 is 19.1 Å². The van der Waals surface area contributed by atoms with Gasteiger partial charge in [0.05, 0.1) is 32.5 Å². The molecule has 3 rings (SSSR count). The summed E-state index contributed by atoms with van der Waals surface area (Å²) in [7, 11) is 2.99. The highest BCUT2D eigenvalue weighted by Crippen LogP contribution is 2.30. The summed E-state index contributed by atoms with van der Waals surface area (Å²) in [6.07, 6.45) is 1.52. The first-order valence-corrected chi connectivity index (χ1v) is 8.88. The first-order chi connectivity index (χ1) is 14.1. The van der Waals surface area contributed by atoms with Crippen LogP contribution in [-0.4, -0.2) is 47.6 Å². The van der Waals surface area contributed by atoms with Gasteiger partial charge in [-0.25, -0.2) is 4.68 Å². The number of rotatable bonds is 8. The lowest BCUT2D eigenvalue weighted by Gasteiger charge is -2.12. The number of benzene rings is 2. The molecule has 3 aromatic rings. The van der Waals surface area contributed by atoms with E-state index in [1.807, 2.05) is 18.2 Å². The maximum Gasteiger partial charge on any atom is 0.277 e. The van der Waals surface area contributed by atoms with Crippen molar-refractivity contribution >= 4 is 17.5 Å². The van der Waals surface area contributed by atoms with Gasteiger partial charge in [-0.15, -0.1) is 5.10 Å². The third-order valence-corrected chi connectivity index (χ3v) is 4.08. The van der Waals surface area contributed by atoms with E-state index in [2.05, 4.69) is 20.9 Å². The highest BCUT2D eigenvalue weighted by atomic mass is 16.5. The van der Waals surface area contributed by atoms with Crippen molar-refractivity contribution in [3.05, 3.63) is 66.0 Å². The quantitative estimate of drug-likeness (QED) is 0.604. The predicted octanol–water partition coefficient (Wildman–Crippen LogP) is 1.98. The molecule has 0 spiro atoms. The van der Waals surface area contributed by atoms with Gasteiger partial charge in [-0.05, 0) is 24.3 Å². The summed E-state index contributed by atoms with van der Waals surface area (Å²) in [5, 5.41) is 13.3. The van der Waals surface area contributed by atoms with Crippen LogP contribution < -0.4 is 20.1 Å². The van der Waals surface area contributed by atoms with Crippen molar-refractivity contribution in [1.29, 1.82) is 0 Å². The second-order valence-electron chi connectivity index (χ2n) is 5.98. The van der Waals surface area contributed by atoms with Crippen LogP contribution in [-0.2, 0) is 6.54 Å². The molecule has 0 radical (unpaired) electrons. The average Bonchev–Trinajstić information content (AvgIpc) is 3.22. The maximum absolute atomic E-state index is 12.4. The largest absolute Gasteiger partial charge is 0.493 e. The molecule has 0 aliphatic rings. The fourth-order valence-electron chi connectivity index (χ4n) is 2.67. The zero-order valence-corrected chi connectivity index (χ0v) is 16.1. The summed E-state index contributed by atoms with van der Waals surface area (Å²) in [4.78, 5) is 24.6. The van der Waals surface area contributed by atoms with Crippen molar-refractivity contribution in [1.82, 2.24) is 20.3 Å². The number of methoxy groups -OCH3 is 2. The van der Waals surface area contributed by atoms with Gasteiger partial charge in [0.15, 0.2) is 17.2 Å². The lowest BCUT2D eigenvalue weighted by atomic mass is 10.1. The van der Waals surface area contributed by atoms with Crippen LogP contribution in [0.15, 0.2) is 54.7 Å². The Morgan fingerprint density at radius 2 is 1.79 bits per heavy atom. The van der Waals surface area contributed by atoms with Crippen LogP contribution in [0.25, 0.3) is 0 Å². The Morgan fingerprint density at radius 3 is 2.52 bits per heavy atom. The molecular weight excluding hydrogens is 374 g/mol. The lowest BCUT2D eigenvalue weighted by Crippen LogP contribution is -2.27. The van der Waals surface area contributed by atoms with Gasteiger partial charge in [0.1, 0.15) is 0 Å². The van der Waals surface area contributed by atoms with Crippen molar-refractivity contribution in [2.24, 2.45) is 0 Å². The first-order valence-electron chi connectivity index (χ1n) is 8.88. The summed E-state index contributed by atoms with van der Waals surface area (Å²) in [6, 6.07) is 14.2. The van der Waals surface area contributed by atoms with Crippen LogP contribution in [0.5, 0.6) is 11.5 Å². The molecule has 0 bridgehead atoms. The smallest absolute Gasteiger partial charge is 0.277 e. The van der Waals surface area contributed by atoms with Gasteiger partial charge in [-0.1, -0.05) is 29.5 Å². The number of aromatic nitrogens is 3. The molecule has 1 heterocycles. The predicted molar refractivity (Wildman–Crippen MR) is 106 cm³/mol. The van der Waals surface area contributed by atoms with Crippen LogP contribution in [0.4, 0.5) is 5.69 Å². The second-order valence-corrected chi connectivity index (χ2v) is 5.98. The Morgan fingerprint density at radius 1 is 1.00 bits per heavy atom. The van der Waals surface area contributed by atoms with E-state index in [1.54, 1.807) is 30.3 Å². The average molecular weight is 395 g/mol. The Bertz CT molecular complexity index is 988. The van der Waals surface area contributed by atoms with E-state index in [4.69, 9.17) is 9.47 Å². The molecule has 150 valence electrons. The number of nitrogens with zero attached hydrogens (tertiary/aromatic N) is 3. The molecule has 0 aliphatic heterocycles. The summed E-state index contributed by atoms with van der Waals surface area (Å²) < 4.78 is 12.0. The van der Waals surface area contributed by atoms with Gasteiger partial charge in [0, 0.05) is 12.2 Å². The highest BCUT2D eigenvalue weighted by molar-refractivity contribution is 6.02. The number of para-hydroxylation sites is 2. The van der Waals surface area contributed by atoms with E-state index >= 15 is 0 Å². The normalized spacial score (nSPS) is 10.3. The van der Waals surface area contributed by atoms with E-state index in [0.717, 1.165) is 0 Å². The molecule has 2 N–H and O–H groups in total. The van der Waals surface area contributed by atoms with Crippen LogP contribution in [0.1, 0.15) is 20.8 Å². The van der Waals surface area contributed by atoms with E-state index in [9.17, 15) is 9.59 Å². The first kappa shape index (κ1) is 19.9. The standard InChI is InChI=1S/C20H21N5O4/c1-28-17-10-6-9-15(18(17)29-2)19(26)21-11-12-25-13-16(23-24-25)20(27)22-14-7-4-3-5-8-14/h3-10,13H,11-12H2,1-2H3,(H,21,26)(H,22,27). The molecule has 0 saturated heterocycles. The zero-order valence-electron chi connectivity index (χ0n) is 16.1. The summed E-state index contributed by atoms with van der Waals surface area (Å²) in [5.41, 5.74) is 1.23. The molecule has 0 aliphatic carbocycles. The molecular formula is C20H21N5O4. The van der Waals surface area contributed by atoms with Crippen LogP contribution >= 0.6 is 0 Å². The second kappa shape index (κ2) is 9.36. The molecule has 9 heteroatoms. The molecule has 29 heavy (non-hydrogen) atoms. The third-order valence-electron chi connectivity index (χ3n) is 4.08. The fraction of sp³-hybridized carbons (Fsp3) is 0.200. The lowest BCUT2D eigenvalue weighted by molar-refractivity contribution is 0.0947. The van der Waals surface area contributed by atoms with Crippen molar-refractivity contribution in [2.45, 2.75) is 6.54 Å². The van der Waals surface area contributed by atoms with Crippen molar-refractivity contribution in [3.8, 4) is 11.5 Å². The van der Waals surface area contributed by atoms with E-state index < -0.39 is 0 Å². The molecule has 1 aromatic heterocycles. The van der Waals surface area contributed by atoms with Gasteiger partial charge < -0.3 is 20.1 Å². The van der Waals surface area contributed by atoms with Gasteiger partial charge >= 0.3 is 0 Å². The Hall–Kier alpha value is -3.88. The maximum atomic E-state index is 12.4. The van der Waals surface area contributed by atoms with E-state index in [0.29, 0.717) is 35.8 Å². The number of carbonyl (C=O) groups is 2.